The molecule has 1 aromatic heterocycles. The minimum atomic E-state index is -0.249. The Morgan fingerprint density at radius 1 is 1.45 bits per heavy atom. The molecule has 0 bridgehead atoms. The number of benzene rings is 1. The van der Waals surface area contributed by atoms with E-state index in [0.29, 0.717) is 16.3 Å². The number of aliphatic hydroxyl groups is 1. The maximum atomic E-state index is 12.2. The minimum Gasteiger partial charge on any atom is -0.384 e. The number of thiazole rings is 1. The molecule has 1 amide bonds. The molecule has 0 fully saturated rings. The first-order chi connectivity index (χ1) is 9.60. The van der Waals surface area contributed by atoms with Crippen molar-refractivity contribution in [1.82, 2.24) is 4.98 Å². The lowest BCUT2D eigenvalue weighted by molar-refractivity contribution is 0.102. The van der Waals surface area contributed by atoms with Gasteiger partial charge < -0.3 is 5.11 Å². The molecule has 0 atom stereocenters. The summed E-state index contributed by atoms with van der Waals surface area (Å²) in [6, 6.07) is 5.41. The van der Waals surface area contributed by atoms with Crippen molar-refractivity contribution in [3.05, 3.63) is 46.0 Å². The fourth-order valence-electron chi connectivity index (χ4n) is 1.67. The fraction of sp³-hybridized carbons (Fsp3) is 0.200. The predicted molar refractivity (Wildman–Crippen MR) is 79.9 cm³/mol. The molecule has 0 aliphatic carbocycles. The minimum absolute atomic E-state index is 0.235. The zero-order valence-electron chi connectivity index (χ0n) is 11.2. The molecular weight excluding hydrogens is 272 g/mol. The van der Waals surface area contributed by atoms with Crippen LogP contribution in [0.15, 0.2) is 24.4 Å². The Bertz CT molecular complexity index is 695. The molecule has 2 rings (SSSR count). The summed E-state index contributed by atoms with van der Waals surface area (Å²) < 4.78 is 0. The molecule has 20 heavy (non-hydrogen) atoms. The van der Waals surface area contributed by atoms with E-state index in [9.17, 15) is 4.79 Å². The van der Waals surface area contributed by atoms with Crippen LogP contribution in [0.4, 0.5) is 5.13 Å². The monoisotopic (exact) mass is 286 g/mol. The van der Waals surface area contributed by atoms with Gasteiger partial charge in [0.25, 0.3) is 5.91 Å². The lowest BCUT2D eigenvalue weighted by Crippen LogP contribution is -2.13. The van der Waals surface area contributed by atoms with E-state index < -0.39 is 0 Å². The van der Waals surface area contributed by atoms with Crippen molar-refractivity contribution in [1.29, 1.82) is 0 Å². The first kappa shape index (κ1) is 14.3. The van der Waals surface area contributed by atoms with Gasteiger partial charge in [-0.15, -0.1) is 11.3 Å². The lowest BCUT2D eigenvalue weighted by atomic mass is 10.0. The summed E-state index contributed by atoms with van der Waals surface area (Å²) in [4.78, 5) is 17.4. The zero-order chi connectivity index (χ0) is 14.5. The number of rotatable bonds is 2. The standard InChI is InChI=1S/C15H14N2O2S/c1-10-5-6-13(12(8-10)4-3-7-18)14(19)17-15-16-9-11(2)20-15/h5-6,8-9,18H,7H2,1-2H3,(H,16,17,19). The van der Waals surface area contributed by atoms with Crippen molar-refractivity contribution in [3.8, 4) is 11.8 Å². The van der Waals surface area contributed by atoms with Crippen LogP contribution in [0.3, 0.4) is 0 Å². The molecule has 0 saturated heterocycles. The van der Waals surface area contributed by atoms with Crippen LogP contribution in [0.25, 0.3) is 0 Å². The second-order valence-corrected chi connectivity index (χ2v) is 5.47. The third-order valence-electron chi connectivity index (χ3n) is 2.56. The molecule has 2 aromatic rings. The van der Waals surface area contributed by atoms with Crippen molar-refractivity contribution in [2.45, 2.75) is 13.8 Å². The Morgan fingerprint density at radius 3 is 2.90 bits per heavy atom. The van der Waals surface area contributed by atoms with Gasteiger partial charge in [0.05, 0.1) is 5.56 Å². The van der Waals surface area contributed by atoms with Crippen LogP contribution in [0, 0.1) is 25.7 Å². The molecule has 2 N–H and O–H groups in total. The second-order valence-electron chi connectivity index (χ2n) is 4.24. The van der Waals surface area contributed by atoms with Crippen molar-refractivity contribution in [3.63, 3.8) is 0 Å². The van der Waals surface area contributed by atoms with Gasteiger partial charge in [0.1, 0.15) is 6.61 Å². The highest BCUT2D eigenvalue weighted by Gasteiger charge is 2.12. The Kier molecular flexibility index (Phi) is 4.51. The Hall–Kier alpha value is -2.16. The maximum Gasteiger partial charge on any atom is 0.258 e. The van der Waals surface area contributed by atoms with E-state index in [1.165, 1.54) is 11.3 Å². The summed E-state index contributed by atoms with van der Waals surface area (Å²) in [5.74, 6) is 5.12. The van der Waals surface area contributed by atoms with Crippen molar-refractivity contribution in [2.75, 3.05) is 11.9 Å². The molecule has 0 saturated carbocycles. The third-order valence-corrected chi connectivity index (χ3v) is 3.39. The largest absolute Gasteiger partial charge is 0.384 e. The van der Waals surface area contributed by atoms with Crippen LogP contribution in [0.2, 0.25) is 0 Å². The predicted octanol–water partition coefficient (Wildman–Crippen LogP) is 2.36. The quantitative estimate of drug-likeness (QED) is 0.833. The number of amides is 1. The number of nitrogens with one attached hydrogen (secondary N) is 1. The summed E-state index contributed by atoms with van der Waals surface area (Å²) in [5, 5.41) is 12.1. The first-order valence-electron chi connectivity index (χ1n) is 6.04. The van der Waals surface area contributed by atoms with Gasteiger partial charge >= 0.3 is 0 Å². The molecule has 102 valence electrons. The summed E-state index contributed by atoms with van der Waals surface area (Å²) in [5.41, 5.74) is 2.09. The van der Waals surface area contributed by atoms with Crippen LogP contribution in [0.5, 0.6) is 0 Å². The molecular formula is C15H14N2O2S. The van der Waals surface area contributed by atoms with E-state index >= 15 is 0 Å². The topological polar surface area (TPSA) is 62.2 Å². The van der Waals surface area contributed by atoms with E-state index in [1.54, 1.807) is 12.3 Å². The van der Waals surface area contributed by atoms with E-state index in [4.69, 9.17) is 5.11 Å². The summed E-state index contributed by atoms with van der Waals surface area (Å²) in [7, 11) is 0. The van der Waals surface area contributed by atoms with Gasteiger partial charge in [-0.05, 0) is 31.5 Å². The van der Waals surface area contributed by atoms with E-state index in [2.05, 4.69) is 22.1 Å². The van der Waals surface area contributed by atoms with Gasteiger partial charge in [-0.2, -0.15) is 0 Å². The van der Waals surface area contributed by atoms with E-state index in [0.717, 1.165) is 10.4 Å². The number of aliphatic hydroxyl groups excluding tert-OH is 1. The van der Waals surface area contributed by atoms with Crippen LogP contribution < -0.4 is 5.32 Å². The smallest absolute Gasteiger partial charge is 0.258 e. The molecule has 5 heteroatoms. The number of aryl methyl sites for hydroxylation is 2. The summed E-state index contributed by atoms with van der Waals surface area (Å²) in [6.07, 6.45) is 1.71. The summed E-state index contributed by atoms with van der Waals surface area (Å²) >= 11 is 1.42. The highest BCUT2D eigenvalue weighted by Crippen LogP contribution is 2.19. The number of hydrogen-bond acceptors (Lipinski definition) is 4. The molecule has 0 unspecified atom stereocenters. The van der Waals surface area contributed by atoms with Crippen molar-refractivity contribution < 1.29 is 9.90 Å². The van der Waals surface area contributed by atoms with Gasteiger partial charge in [0.2, 0.25) is 0 Å². The highest BCUT2D eigenvalue weighted by atomic mass is 32.1. The summed E-state index contributed by atoms with van der Waals surface area (Å²) in [6.45, 7) is 3.62. The molecule has 0 spiro atoms. The number of aromatic nitrogens is 1. The SMILES string of the molecule is Cc1ccc(C(=O)Nc2ncc(C)s2)c(C#CCO)c1. The van der Waals surface area contributed by atoms with Gasteiger partial charge in [-0.1, -0.05) is 17.9 Å². The number of carbonyl (C=O) groups is 1. The van der Waals surface area contributed by atoms with Gasteiger partial charge in [-0.3, -0.25) is 10.1 Å². The fourth-order valence-corrected chi connectivity index (χ4v) is 2.33. The van der Waals surface area contributed by atoms with Crippen LogP contribution in [-0.4, -0.2) is 22.6 Å². The van der Waals surface area contributed by atoms with E-state index in [1.807, 2.05) is 26.0 Å². The molecule has 0 aliphatic heterocycles. The average molecular weight is 286 g/mol. The molecule has 4 nitrogen and oxygen atoms in total. The normalized spacial score (nSPS) is 9.75. The lowest BCUT2D eigenvalue weighted by Gasteiger charge is -2.05. The number of hydrogen-bond donors (Lipinski definition) is 2. The maximum absolute atomic E-state index is 12.2. The molecule has 1 heterocycles. The molecule has 0 aliphatic rings. The van der Waals surface area contributed by atoms with Crippen LogP contribution in [0.1, 0.15) is 26.4 Å². The van der Waals surface area contributed by atoms with E-state index in [-0.39, 0.29) is 12.5 Å². The Labute approximate surface area is 121 Å². The third kappa shape index (κ3) is 3.44. The van der Waals surface area contributed by atoms with Crippen molar-refractivity contribution >= 4 is 22.4 Å². The van der Waals surface area contributed by atoms with Gasteiger partial charge in [-0.25, -0.2) is 4.98 Å². The highest BCUT2D eigenvalue weighted by molar-refractivity contribution is 7.15. The number of anilines is 1. The second kappa shape index (κ2) is 6.33. The van der Waals surface area contributed by atoms with Crippen LogP contribution in [-0.2, 0) is 0 Å². The average Bonchev–Trinajstić information content (AvgIpc) is 2.81. The Balaban J connectivity index is 2.29. The number of carbonyl (C=O) groups excluding carboxylic acids is 1. The zero-order valence-corrected chi connectivity index (χ0v) is 12.0. The first-order valence-corrected chi connectivity index (χ1v) is 6.86. The molecule has 1 aromatic carbocycles. The van der Waals surface area contributed by atoms with Gasteiger partial charge in [0, 0.05) is 16.6 Å². The van der Waals surface area contributed by atoms with Crippen LogP contribution >= 0.6 is 11.3 Å². The molecule has 0 radical (unpaired) electrons. The van der Waals surface area contributed by atoms with Crippen molar-refractivity contribution in [2.24, 2.45) is 0 Å². The van der Waals surface area contributed by atoms with Gasteiger partial charge in [0.15, 0.2) is 5.13 Å². The Morgan fingerprint density at radius 2 is 2.25 bits per heavy atom. The number of nitrogens with zero attached hydrogens (tertiary/aromatic N) is 1.